The third-order valence-corrected chi connectivity index (χ3v) is 2.57. The summed E-state index contributed by atoms with van der Waals surface area (Å²) >= 11 is 1.77. The maximum Gasteiger partial charge on any atom is 0.0267 e. The molecule has 0 aliphatic heterocycles. The topological polar surface area (TPSA) is 3.24 Å². The monoisotopic (exact) mass is 207 g/mol. The Labute approximate surface area is 90.4 Å². The summed E-state index contributed by atoms with van der Waals surface area (Å²) in [6.45, 7) is 1.02. The molecule has 0 bridgehead atoms. The molecule has 2 heteroatoms. The van der Waals surface area contributed by atoms with Crippen molar-refractivity contribution in [2.45, 2.75) is 6.42 Å². The minimum atomic E-state index is 1.02. The van der Waals surface area contributed by atoms with Gasteiger partial charge in [0.2, 0.25) is 0 Å². The first-order valence-corrected chi connectivity index (χ1v) is 5.67. The standard InChI is InChI=1S/C12H17NS/c1-13(2)10-6-4-3-5-8-12-9-7-11-14-12/h4-9,11H,3,10H2,1-2H3/b6-4+,8-5+. The maximum atomic E-state index is 2.20. The van der Waals surface area contributed by atoms with E-state index in [-0.39, 0.29) is 0 Å². The van der Waals surface area contributed by atoms with E-state index in [1.54, 1.807) is 11.3 Å². The normalized spacial score (nSPS) is 12.2. The first-order valence-electron chi connectivity index (χ1n) is 4.79. The van der Waals surface area contributed by atoms with Gasteiger partial charge >= 0.3 is 0 Å². The SMILES string of the molecule is CN(C)C/C=C/C/C=C/c1cccs1. The minimum absolute atomic E-state index is 1.02. The van der Waals surface area contributed by atoms with Crippen LogP contribution in [0.4, 0.5) is 0 Å². The Morgan fingerprint density at radius 2 is 2.14 bits per heavy atom. The summed E-state index contributed by atoms with van der Waals surface area (Å²) in [6, 6.07) is 4.21. The molecule has 0 aliphatic rings. The van der Waals surface area contributed by atoms with Gasteiger partial charge in [-0.2, -0.15) is 0 Å². The van der Waals surface area contributed by atoms with Gasteiger partial charge < -0.3 is 4.90 Å². The van der Waals surface area contributed by atoms with Crippen LogP contribution in [0.3, 0.4) is 0 Å². The van der Waals surface area contributed by atoms with Crippen molar-refractivity contribution in [3.8, 4) is 0 Å². The molecule has 1 aromatic heterocycles. The fourth-order valence-corrected chi connectivity index (χ4v) is 1.68. The highest BCUT2D eigenvalue weighted by Crippen LogP contribution is 2.10. The van der Waals surface area contributed by atoms with Crippen molar-refractivity contribution in [1.29, 1.82) is 0 Å². The molecular formula is C12H17NS. The van der Waals surface area contributed by atoms with E-state index in [0.29, 0.717) is 0 Å². The van der Waals surface area contributed by atoms with Crippen LogP contribution < -0.4 is 0 Å². The lowest BCUT2D eigenvalue weighted by atomic mass is 10.3. The number of allylic oxidation sites excluding steroid dienone is 2. The second-order valence-corrected chi connectivity index (χ2v) is 4.37. The molecule has 0 saturated heterocycles. The van der Waals surface area contributed by atoms with E-state index in [2.05, 4.69) is 60.8 Å². The lowest BCUT2D eigenvalue weighted by molar-refractivity contribution is 0.456. The zero-order valence-corrected chi connectivity index (χ0v) is 9.63. The molecule has 76 valence electrons. The molecule has 0 atom stereocenters. The lowest BCUT2D eigenvalue weighted by Crippen LogP contribution is -2.10. The molecule has 1 aromatic rings. The highest BCUT2D eigenvalue weighted by Gasteiger charge is 1.83. The van der Waals surface area contributed by atoms with Crippen molar-refractivity contribution in [1.82, 2.24) is 4.90 Å². The zero-order valence-electron chi connectivity index (χ0n) is 8.81. The Morgan fingerprint density at radius 3 is 2.79 bits per heavy atom. The van der Waals surface area contributed by atoms with Gasteiger partial charge in [-0.15, -0.1) is 11.3 Å². The average Bonchev–Trinajstić information content (AvgIpc) is 2.63. The molecule has 0 aromatic carbocycles. The fourth-order valence-electron chi connectivity index (χ4n) is 1.03. The van der Waals surface area contributed by atoms with E-state index in [1.807, 2.05) is 0 Å². The van der Waals surface area contributed by atoms with Gasteiger partial charge in [0.1, 0.15) is 0 Å². The molecule has 1 nitrogen and oxygen atoms in total. The van der Waals surface area contributed by atoms with Crippen LogP contribution >= 0.6 is 11.3 Å². The van der Waals surface area contributed by atoms with Gasteiger partial charge in [-0.3, -0.25) is 0 Å². The first kappa shape index (κ1) is 11.2. The van der Waals surface area contributed by atoms with E-state index >= 15 is 0 Å². The third-order valence-electron chi connectivity index (χ3n) is 1.73. The second kappa shape index (κ2) is 6.57. The van der Waals surface area contributed by atoms with E-state index < -0.39 is 0 Å². The van der Waals surface area contributed by atoms with Gasteiger partial charge in [-0.25, -0.2) is 0 Å². The maximum absolute atomic E-state index is 2.20. The molecule has 1 rings (SSSR count). The number of nitrogens with zero attached hydrogens (tertiary/aromatic N) is 1. The van der Waals surface area contributed by atoms with Gasteiger partial charge in [-0.1, -0.05) is 24.3 Å². The van der Waals surface area contributed by atoms with Gasteiger partial charge in [0.05, 0.1) is 0 Å². The van der Waals surface area contributed by atoms with Crippen LogP contribution in [0, 0.1) is 0 Å². The van der Waals surface area contributed by atoms with Crippen LogP contribution in [-0.4, -0.2) is 25.5 Å². The molecule has 0 unspecified atom stereocenters. The van der Waals surface area contributed by atoms with Crippen LogP contribution in [0.1, 0.15) is 11.3 Å². The van der Waals surface area contributed by atoms with Crippen molar-refractivity contribution in [3.05, 3.63) is 40.6 Å². The van der Waals surface area contributed by atoms with Gasteiger partial charge in [0.25, 0.3) is 0 Å². The quantitative estimate of drug-likeness (QED) is 0.670. The van der Waals surface area contributed by atoms with Crippen molar-refractivity contribution in [3.63, 3.8) is 0 Å². The number of hydrogen-bond acceptors (Lipinski definition) is 2. The Bertz CT molecular complexity index is 283. The number of thiophene rings is 1. The summed E-state index contributed by atoms with van der Waals surface area (Å²) in [5.41, 5.74) is 0. The summed E-state index contributed by atoms with van der Waals surface area (Å²) in [7, 11) is 4.15. The van der Waals surface area contributed by atoms with Gasteiger partial charge in [0.15, 0.2) is 0 Å². The zero-order chi connectivity index (χ0) is 10.2. The highest BCUT2D eigenvalue weighted by atomic mass is 32.1. The molecule has 0 aliphatic carbocycles. The van der Waals surface area contributed by atoms with E-state index in [4.69, 9.17) is 0 Å². The largest absolute Gasteiger partial charge is 0.306 e. The van der Waals surface area contributed by atoms with E-state index in [0.717, 1.165) is 13.0 Å². The van der Waals surface area contributed by atoms with Crippen LogP contribution in [-0.2, 0) is 0 Å². The molecule has 14 heavy (non-hydrogen) atoms. The lowest BCUT2D eigenvalue weighted by Gasteiger charge is -2.02. The fraction of sp³-hybridized carbons (Fsp3) is 0.333. The van der Waals surface area contributed by atoms with Crippen molar-refractivity contribution in [2.24, 2.45) is 0 Å². The molecule has 0 fully saturated rings. The Morgan fingerprint density at radius 1 is 1.29 bits per heavy atom. The number of hydrogen-bond donors (Lipinski definition) is 0. The van der Waals surface area contributed by atoms with Crippen LogP contribution in [0.25, 0.3) is 6.08 Å². The molecule has 0 spiro atoms. The van der Waals surface area contributed by atoms with Crippen LogP contribution in [0.15, 0.2) is 35.7 Å². The van der Waals surface area contributed by atoms with Crippen molar-refractivity contribution in [2.75, 3.05) is 20.6 Å². The van der Waals surface area contributed by atoms with Crippen LogP contribution in [0.2, 0.25) is 0 Å². The van der Waals surface area contributed by atoms with Crippen molar-refractivity contribution >= 4 is 17.4 Å². The summed E-state index contributed by atoms with van der Waals surface area (Å²) in [4.78, 5) is 3.48. The predicted molar refractivity (Wildman–Crippen MR) is 65.7 cm³/mol. The van der Waals surface area contributed by atoms with E-state index in [9.17, 15) is 0 Å². The molecule has 0 N–H and O–H groups in total. The summed E-state index contributed by atoms with van der Waals surface area (Å²) in [6.07, 6.45) is 9.78. The predicted octanol–water partition coefficient (Wildman–Crippen LogP) is 3.27. The number of rotatable bonds is 5. The Kier molecular flexibility index (Phi) is 5.27. The van der Waals surface area contributed by atoms with Crippen LogP contribution in [0.5, 0.6) is 0 Å². The molecular weight excluding hydrogens is 190 g/mol. The highest BCUT2D eigenvalue weighted by molar-refractivity contribution is 7.10. The van der Waals surface area contributed by atoms with Gasteiger partial charge in [0, 0.05) is 11.4 Å². The van der Waals surface area contributed by atoms with Crippen molar-refractivity contribution < 1.29 is 0 Å². The molecule has 0 saturated carbocycles. The first-order chi connectivity index (χ1) is 6.79. The molecule has 1 heterocycles. The molecule has 0 radical (unpaired) electrons. The summed E-state index contributed by atoms with van der Waals surface area (Å²) < 4.78 is 0. The van der Waals surface area contributed by atoms with E-state index in [1.165, 1.54) is 4.88 Å². The smallest absolute Gasteiger partial charge is 0.0267 e. The minimum Gasteiger partial charge on any atom is -0.306 e. The number of likely N-dealkylation sites (N-methyl/N-ethyl adjacent to an activating group) is 1. The third kappa shape index (κ3) is 5.00. The summed E-state index contributed by atoms with van der Waals surface area (Å²) in [5.74, 6) is 0. The summed E-state index contributed by atoms with van der Waals surface area (Å²) in [5, 5.41) is 2.10. The second-order valence-electron chi connectivity index (χ2n) is 3.39. The Hall–Kier alpha value is -0.860. The average molecular weight is 207 g/mol. The molecule has 0 amide bonds. The van der Waals surface area contributed by atoms with Gasteiger partial charge in [-0.05, 0) is 38.0 Å². The Balaban J connectivity index is 2.18.